The highest BCUT2D eigenvalue weighted by Gasteiger charge is 2.22. The van der Waals surface area contributed by atoms with Gasteiger partial charge in [-0.1, -0.05) is 37.7 Å². The van der Waals surface area contributed by atoms with Crippen molar-refractivity contribution in [2.45, 2.75) is 50.5 Å². The first-order valence-electron chi connectivity index (χ1n) is 8.69. The van der Waals surface area contributed by atoms with Crippen LogP contribution in [0.25, 0.3) is 0 Å². The standard InChI is InChI=1S/C21H26N2O2S/c1-13(2)20(22-16(5)24)21(25)23-17-8-10-18(11-9-17)26-19-12-14(3)6-7-15(19)4/h6-13,20H,1-5H3,(H,22,24)(H,23,25). The van der Waals surface area contributed by atoms with Crippen LogP contribution in [0.15, 0.2) is 52.3 Å². The van der Waals surface area contributed by atoms with Crippen molar-refractivity contribution in [2.24, 2.45) is 5.92 Å². The van der Waals surface area contributed by atoms with Crippen molar-refractivity contribution in [2.75, 3.05) is 5.32 Å². The third-order valence-electron chi connectivity index (χ3n) is 4.00. The fourth-order valence-corrected chi connectivity index (χ4v) is 3.52. The molecule has 2 aromatic carbocycles. The minimum atomic E-state index is -0.545. The maximum Gasteiger partial charge on any atom is 0.247 e. The number of rotatable bonds is 6. The molecule has 1 unspecified atom stereocenters. The third kappa shape index (κ3) is 5.63. The first-order chi connectivity index (χ1) is 12.3. The third-order valence-corrected chi connectivity index (χ3v) is 5.17. The van der Waals surface area contributed by atoms with E-state index in [4.69, 9.17) is 0 Å². The number of hydrogen-bond donors (Lipinski definition) is 2. The van der Waals surface area contributed by atoms with Gasteiger partial charge in [0.1, 0.15) is 6.04 Å². The zero-order chi connectivity index (χ0) is 19.3. The summed E-state index contributed by atoms with van der Waals surface area (Å²) in [6.45, 7) is 9.42. The second-order valence-corrected chi connectivity index (χ2v) is 7.92. The molecule has 26 heavy (non-hydrogen) atoms. The predicted octanol–water partition coefficient (Wildman–Crippen LogP) is 4.55. The maximum atomic E-state index is 12.4. The van der Waals surface area contributed by atoms with Gasteiger partial charge in [0.2, 0.25) is 11.8 Å². The van der Waals surface area contributed by atoms with E-state index in [0.29, 0.717) is 0 Å². The number of amides is 2. The average molecular weight is 371 g/mol. The van der Waals surface area contributed by atoms with Gasteiger partial charge >= 0.3 is 0 Å². The molecule has 1 atom stereocenters. The van der Waals surface area contributed by atoms with Gasteiger partial charge < -0.3 is 10.6 Å². The zero-order valence-electron chi connectivity index (χ0n) is 15.9. The molecule has 4 nitrogen and oxygen atoms in total. The van der Waals surface area contributed by atoms with E-state index in [-0.39, 0.29) is 17.7 Å². The number of carbonyl (C=O) groups excluding carboxylic acids is 2. The van der Waals surface area contributed by atoms with Crippen molar-refractivity contribution in [3.8, 4) is 0 Å². The van der Waals surface area contributed by atoms with Crippen molar-refractivity contribution in [1.82, 2.24) is 5.32 Å². The summed E-state index contributed by atoms with van der Waals surface area (Å²) in [7, 11) is 0. The molecule has 0 bridgehead atoms. The molecule has 0 aliphatic carbocycles. The minimum absolute atomic E-state index is 0.0121. The summed E-state index contributed by atoms with van der Waals surface area (Å²) in [4.78, 5) is 26.0. The molecular formula is C21H26N2O2S. The molecule has 0 aliphatic heterocycles. The van der Waals surface area contributed by atoms with Gasteiger partial charge in [-0.05, 0) is 61.2 Å². The molecule has 2 rings (SSSR count). The van der Waals surface area contributed by atoms with Gasteiger partial charge in [-0.25, -0.2) is 0 Å². The lowest BCUT2D eigenvalue weighted by atomic mass is 10.0. The van der Waals surface area contributed by atoms with E-state index >= 15 is 0 Å². The number of aryl methyl sites for hydroxylation is 2. The van der Waals surface area contributed by atoms with Crippen LogP contribution in [0.1, 0.15) is 31.9 Å². The normalized spacial score (nSPS) is 11.9. The number of anilines is 1. The Morgan fingerprint density at radius 3 is 2.23 bits per heavy atom. The highest BCUT2D eigenvalue weighted by molar-refractivity contribution is 7.99. The van der Waals surface area contributed by atoms with Gasteiger partial charge in [-0.2, -0.15) is 0 Å². The maximum absolute atomic E-state index is 12.4. The van der Waals surface area contributed by atoms with E-state index in [9.17, 15) is 9.59 Å². The Hall–Kier alpha value is -2.27. The van der Waals surface area contributed by atoms with Crippen LogP contribution in [-0.4, -0.2) is 17.9 Å². The molecule has 5 heteroatoms. The van der Waals surface area contributed by atoms with E-state index in [0.717, 1.165) is 10.6 Å². The molecule has 2 aromatic rings. The van der Waals surface area contributed by atoms with E-state index in [1.54, 1.807) is 11.8 Å². The summed E-state index contributed by atoms with van der Waals surface area (Å²) >= 11 is 1.71. The lowest BCUT2D eigenvalue weighted by molar-refractivity contribution is -0.126. The lowest BCUT2D eigenvalue weighted by Crippen LogP contribution is -2.46. The molecule has 0 spiro atoms. The van der Waals surface area contributed by atoms with Crippen LogP contribution < -0.4 is 10.6 Å². The Bertz CT molecular complexity index is 785. The zero-order valence-corrected chi connectivity index (χ0v) is 16.7. The molecule has 2 amide bonds. The summed E-state index contributed by atoms with van der Waals surface area (Å²) < 4.78 is 0. The second-order valence-electron chi connectivity index (χ2n) is 6.81. The van der Waals surface area contributed by atoms with E-state index in [1.807, 2.05) is 38.1 Å². The molecule has 0 radical (unpaired) electrons. The highest BCUT2D eigenvalue weighted by atomic mass is 32.2. The number of benzene rings is 2. The highest BCUT2D eigenvalue weighted by Crippen LogP contribution is 2.31. The fourth-order valence-electron chi connectivity index (χ4n) is 2.52. The first kappa shape index (κ1) is 20.0. The van der Waals surface area contributed by atoms with Crippen molar-refractivity contribution < 1.29 is 9.59 Å². The fraction of sp³-hybridized carbons (Fsp3) is 0.333. The van der Waals surface area contributed by atoms with Gasteiger partial charge in [0.05, 0.1) is 0 Å². The second kappa shape index (κ2) is 8.90. The first-order valence-corrected chi connectivity index (χ1v) is 9.51. The summed E-state index contributed by atoms with van der Waals surface area (Å²) in [6.07, 6.45) is 0. The summed E-state index contributed by atoms with van der Waals surface area (Å²) in [6, 6.07) is 13.6. The van der Waals surface area contributed by atoms with Crippen LogP contribution in [-0.2, 0) is 9.59 Å². The van der Waals surface area contributed by atoms with Crippen molar-refractivity contribution in [1.29, 1.82) is 0 Å². The minimum Gasteiger partial charge on any atom is -0.344 e. The SMILES string of the molecule is CC(=O)NC(C(=O)Nc1ccc(Sc2cc(C)ccc2C)cc1)C(C)C. The van der Waals surface area contributed by atoms with E-state index in [1.165, 1.54) is 22.9 Å². The van der Waals surface area contributed by atoms with Crippen LogP contribution in [0.2, 0.25) is 0 Å². The van der Waals surface area contributed by atoms with Gasteiger partial charge in [0.25, 0.3) is 0 Å². The Balaban J connectivity index is 2.05. The Labute approximate surface area is 159 Å². The Morgan fingerprint density at radius 1 is 1.00 bits per heavy atom. The van der Waals surface area contributed by atoms with Crippen molar-refractivity contribution >= 4 is 29.3 Å². The molecule has 2 N–H and O–H groups in total. The molecular weight excluding hydrogens is 344 g/mol. The van der Waals surface area contributed by atoms with Crippen molar-refractivity contribution in [3.63, 3.8) is 0 Å². The van der Waals surface area contributed by atoms with Crippen LogP contribution in [0, 0.1) is 19.8 Å². The summed E-state index contributed by atoms with van der Waals surface area (Å²) in [5, 5.41) is 5.58. The summed E-state index contributed by atoms with van der Waals surface area (Å²) in [5.41, 5.74) is 3.20. The largest absolute Gasteiger partial charge is 0.344 e. The average Bonchev–Trinajstić information content (AvgIpc) is 2.57. The van der Waals surface area contributed by atoms with Crippen LogP contribution in [0.4, 0.5) is 5.69 Å². The van der Waals surface area contributed by atoms with Crippen LogP contribution in [0.5, 0.6) is 0 Å². The van der Waals surface area contributed by atoms with Gasteiger partial charge in [0.15, 0.2) is 0 Å². The Kier molecular flexibility index (Phi) is 6.86. The topological polar surface area (TPSA) is 58.2 Å². The molecule has 0 aliphatic rings. The molecule has 0 saturated heterocycles. The number of hydrogen-bond acceptors (Lipinski definition) is 3. The molecule has 0 saturated carbocycles. The molecule has 138 valence electrons. The monoisotopic (exact) mass is 370 g/mol. The van der Waals surface area contributed by atoms with Gasteiger partial charge in [0, 0.05) is 22.4 Å². The predicted molar refractivity (Wildman–Crippen MR) is 108 cm³/mol. The molecule has 0 heterocycles. The van der Waals surface area contributed by atoms with E-state index in [2.05, 4.69) is 42.7 Å². The summed E-state index contributed by atoms with van der Waals surface area (Å²) in [5.74, 6) is -0.401. The van der Waals surface area contributed by atoms with Crippen molar-refractivity contribution in [3.05, 3.63) is 53.6 Å². The number of nitrogens with one attached hydrogen (secondary N) is 2. The van der Waals surface area contributed by atoms with Crippen LogP contribution >= 0.6 is 11.8 Å². The van der Waals surface area contributed by atoms with Gasteiger partial charge in [-0.3, -0.25) is 9.59 Å². The quantitative estimate of drug-likeness (QED) is 0.784. The molecule has 0 aromatic heterocycles. The Morgan fingerprint density at radius 2 is 1.65 bits per heavy atom. The lowest BCUT2D eigenvalue weighted by Gasteiger charge is -2.21. The van der Waals surface area contributed by atoms with E-state index < -0.39 is 6.04 Å². The molecule has 0 fully saturated rings. The van der Waals surface area contributed by atoms with Gasteiger partial charge in [-0.15, -0.1) is 0 Å². The smallest absolute Gasteiger partial charge is 0.247 e. The van der Waals surface area contributed by atoms with Crippen LogP contribution in [0.3, 0.4) is 0 Å². The number of carbonyl (C=O) groups is 2.